The second-order valence-electron chi connectivity index (χ2n) is 7.65. The third-order valence-corrected chi connectivity index (χ3v) is 5.52. The monoisotopic (exact) mass is 389 g/mol. The largest absolute Gasteiger partial charge is 0.352 e. The van der Waals surface area contributed by atoms with E-state index in [-0.39, 0.29) is 29.5 Å². The number of hydrogen-bond acceptors (Lipinski definition) is 3. The highest BCUT2D eigenvalue weighted by atomic mass is 19.1. The van der Waals surface area contributed by atoms with Crippen molar-refractivity contribution >= 4 is 17.7 Å². The molecule has 2 fully saturated rings. The Morgan fingerprint density at radius 2 is 1.93 bits per heavy atom. The first-order valence-electron chi connectivity index (χ1n) is 10.1. The van der Waals surface area contributed by atoms with Crippen molar-refractivity contribution in [2.75, 3.05) is 32.7 Å². The smallest absolute Gasteiger partial charge is 0.251 e. The van der Waals surface area contributed by atoms with Crippen molar-refractivity contribution in [1.82, 2.24) is 15.1 Å². The van der Waals surface area contributed by atoms with E-state index in [1.54, 1.807) is 0 Å². The summed E-state index contributed by atoms with van der Waals surface area (Å²) < 4.78 is 13.0. The Labute approximate surface area is 165 Å². The molecule has 0 bridgehead atoms. The number of piperidine rings is 1. The molecule has 0 aromatic heterocycles. The van der Waals surface area contributed by atoms with E-state index in [1.165, 1.54) is 24.3 Å². The van der Waals surface area contributed by atoms with Crippen molar-refractivity contribution < 1.29 is 18.8 Å². The molecule has 1 atom stereocenters. The van der Waals surface area contributed by atoms with Crippen LogP contribution in [0.4, 0.5) is 4.39 Å². The van der Waals surface area contributed by atoms with Crippen LogP contribution < -0.4 is 5.32 Å². The molecule has 0 radical (unpaired) electrons. The Morgan fingerprint density at radius 1 is 1.14 bits per heavy atom. The molecule has 1 N–H and O–H groups in total. The van der Waals surface area contributed by atoms with E-state index in [9.17, 15) is 18.8 Å². The number of carbonyl (C=O) groups is 3. The molecule has 7 heteroatoms. The second kappa shape index (κ2) is 9.66. The first kappa shape index (κ1) is 20.3. The Morgan fingerprint density at radius 3 is 2.64 bits per heavy atom. The van der Waals surface area contributed by atoms with Gasteiger partial charge in [-0.2, -0.15) is 0 Å². The number of nitrogens with one attached hydrogen (secondary N) is 1. The molecule has 2 saturated heterocycles. The van der Waals surface area contributed by atoms with Crippen molar-refractivity contribution in [3.63, 3.8) is 0 Å². The number of likely N-dealkylation sites (tertiary alicyclic amines) is 2. The van der Waals surface area contributed by atoms with Crippen molar-refractivity contribution in [2.45, 2.75) is 38.5 Å². The molecule has 1 aromatic rings. The Bertz CT molecular complexity index is 707. The van der Waals surface area contributed by atoms with Crippen LogP contribution in [0.2, 0.25) is 0 Å². The Balaban J connectivity index is 1.39. The number of amides is 3. The minimum atomic E-state index is -0.368. The van der Waals surface area contributed by atoms with E-state index >= 15 is 0 Å². The summed E-state index contributed by atoms with van der Waals surface area (Å²) in [5.41, 5.74) is 0.432. The molecule has 2 heterocycles. The van der Waals surface area contributed by atoms with Gasteiger partial charge in [-0.25, -0.2) is 4.39 Å². The third-order valence-electron chi connectivity index (χ3n) is 5.52. The van der Waals surface area contributed by atoms with Crippen molar-refractivity contribution in [2.24, 2.45) is 5.92 Å². The van der Waals surface area contributed by atoms with E-state index in [0.717, 1.165) is 32.4 Å². The van der Waals surface area contributed by atoms with E-state index in [0.29, 0.717) is 44.5 Å². The first-order chi connectivity index (χ1) is 13.5. The highest BCUT2D eigenvalue weighted by molar-refractivity contribution is 5.94. The molecule has 3 amide bonds. The lowest BCUT2D eigenvalue weighted by molar-refractivity contribution is -0.134. The van der Waals surface area contributed by atoms with Crippen LogP contribution in [0.1, 0.15) is 48.9 Å². The van der Waals surface area contributed by atoms with E-state index in [1.807, 2.05) is 9.80 Å². The minimum Gasteiger partial charge on any atom is -0.352 e. The van der Waals surface area contributed by atoms with Gasteiger partial charge in [-0.05, 0) is 55.9 Å². The molecule has 3 rings (SSSR count). The van der Waals surface area contributed by atoms with Gasteiger partial charge in [-0.15, -0.1) is 0 Å². The molecule has 2 aliphatic heterocycles. The van der Waals surface area contributed by atoms with Gasteiger partial charge < -0.3 is 15.1 Å². The summed E-state index contributed by atoms with van der Waals surface area (Å²) in [6.07, 6.45) is 4.60. The summed E-state index contributed by atoms with van der Waals surface area (Å²) >= 11 is 0. The average molecular weight is 389 g/mol. The maximum absolute atomic E-state index is 13.0. The maximum Gasteiger partial charge on any atom is 0.251 e. The van der Waals surface area contributed by atoms with Gasteiger partial charge >= 0.3 is 0 Å². The van der Waals surface area contributed by atoms with Crippen molar-refractivity contribution in [1.29, 1.82) is 0 Å². The first-order valence-corrected chi connectivity index (χ1v) is 10.1. The number of hydrogen-bond donors (Lipinski definition) is 1. The number of benzene rings is 1. The quantitative estimate of drug-likeness (QED) is 0.777. The lowest BCUT2D eigenvalue weighted by Gasteiger charge is -2.33. The summed E-state index contributed by atoms with van der Waals surface area (Å²) in [4.78, 5) is 40.0. The molecule has 2 aliphatic rings. The van der Waals surface area contributed by atoms with Gasteiger partial charge in [0.1, 0.15) is 5.82 Å². The normalized spacial score (nSPS) is 19.8. The fourth-order valence-corrected chi connectivity index (χ4v) is 3.92. The zero-order valence-corrected chi connectivity index (χ0v) is 16.2. The molecular weight excluding hydrogens is 361 g/mol. The number of rotatable bonds is 7. The second-order valence-corrected chi connectivity index (χ2v) is 7.65. The highest BCUT2D eigenvalue weighted by Crippen LogP contribution is 2.18. The zero-order valence-electron chi connectivity index (χ0n) is 16.2. The van der Waals surface area contributed by atoms with Gasteiger partial charge in [-0.3, -0.25) is 14.4 Å². The summed E-state index contributed by atoms with van der Waals surface area (Å²) in [6.45, 7) is 3.37. The topological polar surface area (TPSA) is 69.7 Å². The van der Waals surface area contributed by atoms with Crippen molar-refractivity contribution in [3.05, 3.63) is 35.6 Å². The van der Waals surface area contributed by atoms with E-state index < -0.39 is 0 Å². The predicted octanol–water partition coefficient (Wildman–Crippen LogP) is 2.20. The molecule has 0 spiro atoms. The summed E-state index contributed by atoms with van der Waals surface area (Å²) in [7, 11) is 0. The van der Waals surface area contributed by atoms with Crippen LogP contribution in [-0.2, 0) is 9.59 Å². The predicted molar refractivity (Wildman–Crippen MR) is 103 cm³/mol. The Hall–Kier alpha value is -2.44. The standard InChI is InChI=1S/C21H28FN3O3/c22-18-9-7-17(8-10-18)21(28)23-14-16-4-1-13-25(15-16)20(27)6-3-12-24-11-2-5-19(24)26/h7-10,16H,1-6,11-15H2,(H,23,28)/t16-/m0/s1. The summed E-state index contributed by atoms with van der Waals surface area (Å²) in [6, 6.07) is 5.47. The number of nitrogens with zero attached hydrogens (tertiary/aromatic N) is 2. The molecule has 28 heavy (non-hydrogen) atoms. The molecule has 6 nitrogen and oxygen atoms in total. The number of carbonyl (C=O) groups excluding carboxylic acids is 3. The average Bonchev–Trinajstić information content (AvgIpc) is 3.11. The van der Waals surface area contributed by atoms with Crippen LogP contribution in [0.3, 0.4) is 0 Å². The maximum atomic E-state index is 13.0. The Kier molecular flexibility index (Phi) is 7.01. The van der Waals surface area contributed by atoms with Gasteiger partial charge in [0, 0.05) is 51.1 Å². The molecule has 0 unspecified atom stereocenters. The fourth-order valence-electron chi connectivity index (χ4n) is 3.92. The van der Waals surface area contributed by atoms with Gasteiger partial charge in [0.25, 0.3) is 5.91 Å². The lowest BCUT2D eigenvalue weighted by Crippen LogP contribution is -2.43. The molecule has 152 valence electrons. The summed E-state index contributed by atoms with van der Waals surface area (Å²) in [5, 5.41) is 2.89. The van der Waals surface area contributed by atoms with E-state index in [4.69, 9.17) is 0 Å². The van der Waals surface area contributed by atoms with Gasteiger partial charge in [0.15, 0.2) is 0 Å². The van der Waals surface area contributed by atoms with Crippen LogP contribution in [0.5, 0.6) is 0 Å². The fraction of sp³-hybridized carbons (Fsp3) is 0.571. The third kappa shape index (κ3) is 5.53. The lowest BCUT2D eigenvalue weighted by atomic mass is 9.97. The minimum absolute atomic E-state index is 0.126. The molecule has 0 saturated carbocycles. The van der Waals surface area contributed by atoms with E-state index in [2.05, 4.69) is 5.32 Å². The van der Waals surface area contributed by atoms with Crippen LogP contribution in [0.25, 0.3) is 0 Å². The molecular formula is C21H28FN3O3. The van der Waals surface area contributed by atoms with Crippen LogP contribution >= 0.6 is 0 Å². The highest BCUT2D eigenvalue weighted by Gasteiger charge is 2.25. The zero-order chi connectivity index (χ0) is 19.9. The molecule has 1 aromatic carbocycles. The van der Waals surface area contributed by atoms with Gasteiger partial charge in [-0.1, -0.05) is 0 Å². The van der Waals surface area contributed by atoms with Crippen molar-refractivity contribution in [3.8, 4) is 0 Å². The SMILES string of the molecule is O=C(NC[C@@H]1CCCN(C(=O)CCCN2CCCC2=O)C1)c1ccc(F)cc1. The van der Waals surface area contributed by atoms with Gasteiger partial charge in [0.2, 0.25) is 11.8 Å². The number of halogens is 1. The molecule has 0 aliphatic carbocycles. The van der Waals surface area contributed by atoms with Crippen LogP contribution in [0.15, 0.2) is 24.3 Å². The van der Waals surface area contributed by atoms with Gasteiger partial charge in [0.05, 0.1) is 0 Å². The summed E-state index contributed by atoms with van der Waals surface area (Å²) in [5.74, 6) is -0.0448. The van der Waals surface area contributed by atoms with Crippen LogP contribution in [-0.4, -0.2) is 60.2 Å². The van der Waals surface area contributed by atoms with Crippen LogP contribution in [0, 0.1) is 11.7 Å².